The minimum Gasteiger partial charge on any atom is -0.477 e. The van der Waals surface area contributed by atoms with Crippen LogP contribution in [0.1, 0.15) is 85.2 Å². The number of aryl methyl sites for hydroxylation is 1. The normalized spacial score (nSPS) is 16.2. The Kier molecular flexibility index (Phi) is 7.84. The first-order valence-electron chi connectivity index (χ1n) is 14.3. The standard InChI is InChI=1S/C34H39N3O3S/c1-19(2)36(7)23(6)22(5)20(3)13-15-25-21(4)14-16-26-31(25)35-29(38)18-37-27-17-28(34(39)40)41-33(27)30(32(26)37)24-11-9-8-10-12-24/h13-17,24H,1,3,8-12,18H2,2,4-7H3,(H,35,38)(H,39,40)/b15-13-,23-22+. The van der Waals surface area contributed by atoms with Crippen molar-refractivity contribution in [3.63, 3.8) is 0 Å². The van der Waals surface area contributed by atoms with Crippen LogP contribution in [0.3, 0.4) is 0 Å². The lowest BCUT2D eigenvalue weighted by Crippen LogP contribution is -2.17. The summed E-state index contributed by atoms with van der Waals surface area (Å²) in [6.07, 6.45) is 9.77. The van der Waals surface area contributed by atoms with Gasteiger partial charge in [-0.25, -0.2) is 4.79 Å². The van der Waals surface area contributed by atoms with Gasteiger partial charge >= 0.3 is 5.97 Å². The number of carbonyl (C=O) groups excluding carboxylic acids is 1. The second kappa shape index (κ2) is 11.2. The van der Waals surface area contributed by atoms with E-state index >= 15 is 0 Å². The molecule has 2 aliphatic rings. The minimum absolute atomic E-state index is 0.116. The van der Waals surface area contributed by atoms with Gasteiger partial charge in [-0.3, -0.25) is 4.79 Å². The number of aromatic nitrogens is 1. The molecule has 3 aromatic rings. The van der Waals surface area contributed by atoms with E-state index in [-0.39, 0.29) is 12.5 Å². The number of rotatable bonds is 7. The third-order valence-electron chi connectivity index (χ3n) is 8.83. The van der Waals surface area contributed by atoms with E-state index in [2.05, 4.69) is 66.9 Å². The molecule has 41 heavy (non-hydrogen) atoms. The summed E-state index contributed by atoms with van der Waals surface area (Å²) in [4.78, 5) is 27.7. The van der Waals surface area contributed by atoms with Gasteiger partial charge in [0.25, 0.3) is 0 Å². The van der Waals surface area contributed by atoms with E-state index in [0.29, 0.717) is 10.8 Å². The molecule has 2 aromatic heterocycles. The van der Waals surface area contributed by atoms with Gasteiger partial charge in [0.1, 0.15) is 11.4 Å². The molecule has 0 bridgehead atoms. The molecule has 0 unspecified atom stereocenters. The Balaban J connectivity index is 1.69. The van der Waals surface area contributed by atoms with E-state index < -0.39 is 5.97 Å². The molecule has 1 fully saturated rings. The van der Waals surface area contributed by atoms with Crippen LogP contribution in [0.5, 0.6) is 0 Å². The molecule has 214 valence electrons. The Morgan fingerprint density at radius 2 is 1.88 bits per heavy atom. The molecule has 0 spiro atoms. The Morgan fingerprint density at radius 1 is 1.17 bits per heavy atom. The third kappa shape index (κ3) is 5.19. The number of anilines is 1. The number of carboxylic acids is 1. The lowest BCUT2D eigenvalue weighted by Gasteiger charge is -2.24. The molecule has 1 saturated carbocycles. The topological polar surface area (TPSA) is 74.6 Å². The largest absolute Gasteiger partial charge is 0.477 e. The summed E-state index contributed by atoms with van der Waals surface area (Å²) in [5, 5.41) is 13.0. The minimum atomic E-state index is -0.925. The quantitative estimate of drug-likeness (QED) is 0.279. The molecule has 1 aliphatic heterocycles. The first kappa shape index (κ1) is 28.7. The lowest BCUT2D eigenvalue weighted by atomic mass is 9.82. The smallest absolute Gasteiger partial charge is 0.345 e. The van der Waals surface area contributed by atoms with E-state index in [1.165, 1.54) is 23.3 Å². The second-order valence-electron chi connectivity index (χ2n) is 11.4. The van der Waals surface area contributed by atoms with Gasteiger partial charge in [-0.05, 0) is 74.8 Å². The summed E-state index contributed by atoms with van der Waals surface area (Å²) < 4.78 is 3.06. The second-order valence-corrected chi connectivity index (χ2v) is 12.5. The number of nitrogens with zero attached hydrogens (tertiary/aromatic N) is 2. The Labute approximate surface area is 246 Å². The third-order valence-corrected chi connectivity index (χ3v) is 9.98. The molecule has 2 N–H and O–H groups in total. The molecule has 7 heteroatoms. The zero-order chi connectivity index (χ0) is 29.6. The van der Waals surface area contributed by atoms with Crippen LogP contribution in [0.4, 0.5) is 5.69 Å². The fraction of sp³-hybridized carbons (Fsp3) is 0.353. The van der Waals surface area contributed by atoms with Crippen molar-refractivity contribution in [1.29, 1.82) is 0 Å². The van der Waals surface area contributed by atoms with Crippen LogP contribution in [0.15, 0.2) is 60.0 Å². The highest BCUT2D eigenvalue weighted by molar-refractivity contribution is 7.21. The van der Waals surface area contributed by atoms with Crippen molar-refractivity contribution in [2.45, 2.75) is 72.3 Å². The van der Waals surface area contributed by atoms with Crippen LogP contribution in [0, 0.1) is 6.92 Å². The van der Waals surface area contributed by atoms with E-state index in [0.717, 1.165) is 86.5 Å². The number of carbonyl (C=O) groups is 2. The average molecular weight is 570 g/mol. The van der Waals surface area contributed by atoms with Crippen molar-refractivity contribution in [2.24, 2.45) is 0 Å². The van der Waals surface area contributed by atoms with Crippen LogP contribution >= 0.6 is 11.3 Å². The predicted molar refractivity (Wildman–Crippen MR) is 171 cm³/mol. The van der Waals surface area contributed by atoms with Crippen molar-refractivity contribution < 1.29 is 14.7 Å². The number of allylic oxidation sites excluding steroid dienone is 5. The maximum absolute atomic E-state index is 13.4. The van der Waals surface area contributed by atoms with Gasteiger partial charge < -0.3 is 19.9 Å². The van der Waals surface area contributed by atoms with Crippen molar-refractivity contribution in [3.8, 4) is 11.3 Å². The SMILES string of the molecule is C=C(/C=C\c1c(C)ccc2c1NC(=O)Cn1c-2c(C2CCCCC2)c2sc(C(=O)O)cc21)/C(C)=C(\C)N(C)C(=C)C. The summed E-state index contributed by atoms with van der Waals surface area (Å²) in [5.41, 5.74) is 10.9. The fourth-order valence-electron chi connectivity index (χ4n) is 6.15. The van der Waals surface area contributed by atoms with E-state index in [1.807, 2.05) is 20.0 Å². The van der Waals surface area contributed by atoms with Crippen LogP contribution in [-0.2, 0) is 11.3 Å². The van der Waals surface area contributed by atoms with Crippen molar-refractivity contribution in [1.82, 2.24) is 9.47 Å². The molecule has 1 amide bonds. The molecular formula is C34H39N3O3S. The first-order chi connectivity index (χ1) is 19.5. The summed E-state index contributed by atoms with van der Waals surface area (Å²) in [6.45, 7) is 16.7. The molecular weight excluding hydrogens is 530 g/mol. The number of amides is 1. The number of hydrogen-bond acceptors (Lipinski definition) is 4. The van der Waals surface area contributed by atoms with Crippen molar-refractivity contribution >= 4 is 45.2 Å². The highest BCUT2D eigenvalue weighted by Gasteiger charge is 2.32. The number of aromatic carboxylic acids is 1. The lowest BCUT2D eigenvalue weighted by molar-refractivity contribution is -0.116. The summed E-state index contributed by atoms with van der Waals surface area (Å²) in [6, 6.07) is 5.97. The number of hydrogen-bond donors (Lipinski definition) is 2. The monoisotopic (exact) mass is 569 g/mol. The number of benzene rings is 1. The molecule has 6 nitrogen and oxygen atoms in total. The van der Waals surface area contributed by atoms with Gasteiger partial charge in [0.15, 0.2) is 0 Å². The highest BCUT2D eigenvalue weighted by atomic mass is 32.1. The van der Waals surface area contributed by atoms with Gasteiger partial charge in [0, 0.05) is 29.6 Å². The highest BCUT2D eigenvalue weighted by Crippen LogP contribution is 2.49. The maximum atomic E-state index is 13.4. The van der Waals surface area contributed by atoms with Crippen molar-refractivity contribution in [3.05, 3.63) is 81.5 Å². The van der Waals surface area contributed by atoms with Gasteiger partial charge in [-0.15, -0.1) is 11.3 Å². The average Bonchev–Trinajstić information content (AvgIpc) is 3.46. The molecule has 0 radical (unpaired) electrons. The summed E-state index contributed by atoms with van der Waals surface area (Å²) in [5.74, 6) is -0.704. The van der Waals surface area contributed by atoms with Gasteiger partial charge in [0.2, 0.25) is 5.91 Å². The molecule has 3 heterocycles. The van der Waals surface area contributed by atoms with Gasteiger partial charge in [-0.1, -0.05) is 56.7 Å². The molecule has 0 atom stereocenters. The zero-order valence-electron chi connectivity index (χ0n) is 24.7. The zero-order valence-corrected chi connectivity index (χ0v) is 25.5. The van der Waals surface area contributed by atoms with Crippen molar-refractivity contribution in [2.75, 3.05) is 12.4 Å². The number of carboxylic acid groups (broad SMARTS) is 1. The molecule has 1 aromatic carbocycles. The van der Waals surface area contributed by atoms with E-state index in [9.17, 15) is 14.7 Å². The first-order valence-corrected chi connectivity index (χ1v) is 15.1. The van der Waals surface area contributed by atoms with Crippen LogP contribution < -0.4 is 5.32 Å². The number of thiophene rings is 1. The van der Waals surface area contributed by atoms with Crippen LogP contribution in [0.2, 0.25) is 0 Å². The van der Waals surface area contributed by atoms with Gasteiger partial charge in [0.05, 0.1) is 21.6 Å². The predicted octanol–water partition coefficient (Wildman–Crippen LogP) is 8.70. The Morgan fingerprint density at radius 3 is 2.54 bits per heavy atom. The molecule has 1 aliphatic carbocycles. The van der Waals surface area contributed by atoms with Crippen LogP contribution in [0.25, 0.3) is 27.6 Å². The van der Waals surface area contributed by atoms with E-state index in [4.69, 9.17) is 0 Å². The summed E-state index contributed by atoms with van der Waals surface area (Å²) in [7, 11) is 2.00. The van der Waals surface area contributed by atoms with E-state index in [1.54, 1.807) is 6.07 Å². The fourth-order valence-corrected chi connectivity index (χ4v) is 7.28. The Bertz CT molecular complexity index is 1660. The molecule has 0 saturated heterocycles. The maximum Gasteiger partial charge on any atom is 0.345 e. The number of fused-ring (bicyclic) bond motifs is 5. The Hall–Kier alpha value is -3.84. The van der Waals surface area contributed by atoms with Gasteiger partial charge in [-0.2, -0.15) is 0 Å². The van der Waals surface area contributed by atoms with Crippen LogP contribution in [-0.4, -0.2) is 33.5 Å². The molecule has 5 rings (SSSR count). The number of nitrogens with one attached hydrogen (secondary N) is 1. The summed E-state index contributed by atoms with van der Waals surface area (Å²) >= 11 is 1.34.